The first-order chi connectivity index (χ1) is 5.56. The molecule has 2 heteroatoms. The molecule has 0 radical (unpaired) electrons. The molecule has 0 aromatic heterocycles. The van der Waals surface area contributed by atoms with Gasteiger partial charge in [0.05, 0.1) is 11.5 Å². The maximum Gasteiger partial charge on any atom is 0.0796 e. The zero-order chi connectivity index (χ0) is 9.19. The third kappa shape index (κ3) is 2.12. The maximum atomic E-state index is 9.97. The van der Waals surface area contributed by atoms with Gasteiger partial charge in [-0.2, -0.15) is 0 Å². The normalized spacial score (nSPS) is 35.0. The summed E-state index contributed by atoms with van der Waals surface area (Å²) in [4.78, 5) is 2.68. The van der Waals surface area contributed by atoms with Gasteiger partial charge in [-0.25, -0.2) is 0 Å². The van der Waals surface area contributed by atoms with Gasteiger partial charge in [0.1, 0.15) is 0 Å². The van der Waals surface area contributed by atoms with E-state index >= 15 is 0 Å². The van der Waals surface area contributed by atoms with Gasteiger partial charge in [-0.15, -0.1) is 0 Å². The van der Waals surface area contributed by atoms with E-state index in [4.69, 9.17) is 0 Å². The third-order valence-corrected chi connectivity index (χ3v) is 2.55. The molecule has 0 aromatic carbocycles. The third-order valence-electron chi connectivity index (χ3n) is 2.32. The van der Waals surface area contributed by atoms with E-state index in [2.05, 4.69) is 32.8 Å². The molecule has 1 nitrogen and oxygen atoms in total. The van der Waals surface area contributed by atoms with E-state index in [0.29, 0.717) is 0 Å². The quantitative estimate of drug-likeness (QED) is 0.499. The first-order valence-electron chi connectivity index (χ1n) is 4.05. The van der Waals surface area contributed by atoms with Gasteiger partial charge in [0.25, 0.3) is 0 Å². The van der Waals surface area contributed by atoms with Crippen molar-refractivity contribution in [2.75, 3.05) is 0 Å². The van der Waals surface area contributed by atoms with Crippen molar-refractivity contribution in [2.24, 2.45) is 5.92 Å². The molecular weight excluding hydrogens is 216 g/mol. The highest BCUT2D eigenvalue weighted by atomic mass is 79.9. The van der Waals surface area contributed by atoms with E-state index in [0.717, 1.165) is 12.8 Å². The average molecular weight is 229 g/mol. The Morgan fingerprint density at radius 1 is 1.75 bits per heavy atom. The molecule has 1 aliphatic carbocycles. The van der Waals surface area contributed by atoms with Crippen molar-refractivity contribution in [3.63, 3.8) is 0 Å². The maximum absolute atomic E-state index is 9.97. The highest BCUT2D eigenvalue weighted by Crippen LogP contribution is 2.32. The molecule has 0 amide bonds. The van der Waals surface area contributed by atoms with Crippen LogP contribution in [0.15, 0.2) is 11.6 Å². The van der Waals surface area contributed by atoms with Gasteiger partial charge in [0.15, 0.2) is 0 Å². The summed E-state index contributed by atoms with van der Waals surface area (Å²) in [5.74, 6) is 3.04. The molecule has 2 unspecified atom stereocenters. The predicted octanol–water partition coefficient (Wildman–Crippen LogP) is 2.45. The van der Waals surface area contributed by atoms with Crippen molar-refractivity contribution in [2.45, 2.75) is 32.3 Å². The second kappa shape index (κ2) is 3.64. The molecule has 1 rings (SSSR count). The van der Waals surface area contributed by atoms with Crippen molar-refractivity contribution in [1.82, 2.24) is 0 Å². The summed E-state index contributed by atoms with van der Waals surface area (Å²) >= 11 is 3.06. The van der Waals surface area contributed by atoms with Crippen LogP contribution >= 0.6 is 15.9 Å². The smallest absolute Gasteiger partial charge is 0.0796 e. The second-order valence-corrected chi connectivity index (χ2v) is 4.01. The van der Waals surface area contributed by atoms with Crippen LogP contribution in [0.5, 0.6) is 0 Å². The zero-order valence-corrected chi connectivity index (χ0v) is 8.98. The zero-order valence-electron chi connectivity index (χ0n) is 7.39. The first kappa shape index (κ1) is 9.83. The Morgan fingerprint density at radius 3 is 2.92 bits per heavy atom. The molecule has 0 spiro atoms. The highest BCUT2D eigenvalue weighted by molar-refractivity contribution is 9.12. The van der Waals surface area contributed by atoms with Gasteiger partial charge in [-0.3, -0.25) is 0 Å². The van der Waals surface area contributed by atoms with E-state index in [9.17, 15) is 5.11 Å². The summed E-state index contributed by atoms with van der Waals surface area (Å²) in [5.41, 5.74) is 0.604. The second-order valence-electron chi connectivity index (χ2n) is 3.61. The SMILES string of the molecule is CC1=CCC(C#CBr)C(C)(O)C1. The van der Waals surface area contributed by atoms with Crippen LogP contribution in [0.1, 0.15) is 26.7 Å². The fraction of sp³-hybridized carbons (Fsp3) is 0.600. The van der Waals surface area contributed by atoms with Crippen LogP contribution in [0.4, 0.5) is 0 Å². The summed E-state index contributed by atoms with van der Waals surface area (Å²) in [5, 5.41) is 9.97. The number of rotatable bonds is 0. The van der Waals surface area contributed by atoms with Crippen molar-refractivity contribution in [3.8, 4) is 10.8 Å². The number of hydrogen-bond donors (Lipinski definition) is 1. The van der Waals surface area contributed by atoms with Gasteiger partial charge in [0.2, 0.25) is 0 Å². The Morgan fingerprint density at radius 2 is 2.42 bits per heavy atom. The minimum atomic E-state index is -0.653. The van der Waals surface area contributed by atoms with Gasteiger partial charge >= 0.3 is 0 Å². The average Bonchev–Trinajstić information content (AvgIpc) is 1.94. The number of allylic oxidation sites excluding steroid dienone is 1. The Balaban J connectivity index is 2.82. The topological polar surface area (TPSA) is 20.2 Å². The molecule has 1 aliphatic rings. The van der Waals surface area contributed by atoms with Crippen molar-refractivity contribution in [3.05, 3.63) is 11.6 Å². The van der Waals surface area contributed by atoms with Gasteiger partial charge in [-0.1, -0.05) is 17.6 Å². The Labute approximate surface area is 82.0 Å². The van der Waals surface area contributed by atoms with E-state index < -0.39 is 5.60 Å². The molecule has 0 bridgehead atoms. The predicted molar refractivity (Wildman–Crippen MR) is 53.8 cm³/mol. The minimum Gasteiger partial charge on any atom is -0.389 e. The lowest BCUT2D eigenvalue weighted by Gasteiger charge is -2.32. The van der Waals surface area contributed by atoms with Crippen LogP contribution in [0.25, 0.3) is 0 Å². The largest absolute Gasteiger partial charge is 0.389 e. The van der Waals surface area contributed by atoms with Crippen LogP contribution < -0.4 is 0 Å². The van der Waals surface area contributed by atoms with Crippen LogP contribution in [0.2, 0.25) is 0 Å². The van der Waals surface area contributed by atoms with Gasteiger partial charge in [-0.05, 0) is 31.5 Å². The summed E-state index contributed by atoms with van der Waals surface area (Å²) in [6, 6.07) is 0. The van der Waals surface area contributed by atoms with E-state index in [1.807, 2.05) is 13.8 Å². The van der Waals surface area contributed by atoms with Gasteiger partial charge < -0.3 is 5.11 Å². The summed E-state index contributed by atoms with van der Waals surface area (Å²) in [6.45, 7) is 3.90. The van der Waals surface area contributed by atoms with E-state index in [1.165, 1.54) is 5.57 Å². The number of halogens is 1. The van der Waals surface area contributed by atoms with Gasteiger partial charge in [0, 0.05) is 15.9 Å². The number of hydrogen-bond acceptors (Lipinski definition) is 1. The fourth-order valence-electron chi connectivity index (χ4n) is 1.61. The lowest BCUT2D eigenvalue weighted by atomic mass is 9.78. The molecule has 2 atom stereocenters. The molecule has 0 saturated carbocycles. The lowest BCUT2D eigenvalue weighted by molar-refractivity contribution is 0.0178. The summed E-state index contributed by atoms with van der Waals surface area (Å²) in [6.07, 6.45) is 3.75. The van der Waals surface area contributed by atoms with Crippen molar-refractivity contribution < 1.29 is 5.11 Å². The van der Waals surface area contributed by atoms with Crippen molar-refractivity contribution >= 4 is 15.9 Å². The van der Waals surface area contributed by atoms with Crippen LogP contribution in [-0.4, -0.2) is 10.7 Å². The summed E-state index contributed by atoms with van der Waals surface area (Å²) < 4.78 is 0. The Kier molecular flexibility index (Phi) is 2.98. The Hall–Kier alpha value is -0.260. The van der Waals surface area contributed by atoms with Crippen LogP contribution in [0.3, 0.4) is 0 Å². The van der Waals surface area contributed by atoms with Crippen LogP contribution in [-0.2, 0) is 0 Å². The molecule has 0 fully saturated rings. The first-order valence-corrected chi connectivity index (χ1v) is 4.85. The molecule has 66 valence electrons. The molecule has 0 heterocycles. The van der Waals surface area contributed by atoms with E-state index in [1.54, 1.807) is 0 Å². The van der Waals surface area contributed by atoms with Crippen molar-refractivity contribution in [1.29, 1.82) is 0 Å². The lowest BCUT2D eigenvalue weighted by Crippen LogP contribution is -2.36. The molecule has 12 heavy (non-hydrogen) atoms. The molecule has 0 aromatic rings. The molecular formula is C10H13BrO. The number of aliphatic hydroxyl groups is 1. The monoisotopic (exact) mass is 228 g/mol. The molecule has 1 N–H and O–H groups in total. The summed E-state index contributed by atoms with van der Waals surface area (Å²) in [7, 11) is 0. The minimum absolute atomic E-state index is 0.0700. The highest BCUT2D eigenvalue weighted by Gasteiger charge is 2.32. The Bertz CT molecular complexity index is 255. The van der Waals surface area contributed by atoms with Crippen LogP contribution in [0, 0.1) is 16.7 Å². The molecule has 0 saturated heterocycles. The fourth-order valence-corrected chi connectivity index (χ4v) is 1.89. The standard InChI is InChI=1S/C10H13BrO/c1-8-3-4-9(5-6-11)10(2,12)7-8/h3,9,12H,4,7H2,1-2H3. The van der Waals surface area contributed by atoms with E-state index in [-0.39, 0.29) is 5.92 Å². The molecule has 0 aliphatic heterocycles.